The molecule has 0 bridgehead atoms. The van der Waals surface area contributed by atoms with Gasteiger partial charge >= 0.3 is 5.97 Å². The topological polar surface area (TPSA) is 72.5 Å². The monoisotopic (exact) mass is 378 g/mol. The molecule has 3 saturated heterocycles. The first-order chi connectivity index (χ1) is 11.5. The predicted molar refractivity (Wildman–Crippen MR) is 88.0 cm³/mol. The fourth-order valence-corrected chi connectivity index (χ4v) is 3.34. The van der Waals surface area contributed by atoms with Crippen molar-refractivity contribution in [1.29, 1.82) is 0 Å². The van der Waals surface area contributed by atoms with Gasteiger partial charge < -0.3 is 28.4 Å². The average Bonchev–Trinajstić information content (AvgIpc) is 3.08. The molecular formula is C17H27ClO7. The fourth-order valence-electron chi connectivity index (χ4n) is 3.29. The van der Waals surface area contributed by atoms with Crippen LogP contribution in [0.25, 0.3) is 0 Å². The number of alkyl halides is 1. The number of ether oxygens (including phenoxy) is 6. The van der Waals surface area contributed by atoms with Gasteiger partial charge in [-0.25, -0.2) is 0 Å². The zero-order valence-electron chi connectivity index (χ0n) is 15.5. The standard InChI is InChI=1S/C17H27ClO7/c1-8(2)10(18)14(19)21-12-11(9-7-20-16(3,4)23-9)22-15-13(12)24-17(5,6)25-15/h8-13,15H,7H2,1-6H3/t9-,10+,11-,12+,13-,15-/m1/s1. The van der Waals surface area contributed by atoms with E-state index in [2.05, 4.69) is 0 Å². The van der Waals surface area contributed by atoms with Crippen molar-refractivity contribution in [2.24, 2.45) is 5.92 Å². The van der Waals surface area contributed by atoms with E-state index in [4.69, 9.17) is 40.0 Å². The molecule has 3 fully saturated rings. The number of hydrogen-bond donors (Lipinski definition) is 0. The highest BCUT2D eigenvalue weighted by atomic mass is 35.5. The smallest absolute Gasteiger partial charge is 0.324 e. The number of rotatable bonds is 4. The maximum Gasteiger partial charge on any atom is 0.324 e. The minimum absolute atomic E-state index is 0.0482. The molecule has 3 heterocycles. The van der Waals surface area contributed by atoms with Crippen molar-refractivity contribution in [2.75, 3.05) is 6.61 Å². The van der Waals surface area contributed by atoms with Crippen molar-refractivity contribution in [3.63, 3.8) is 0 Å². The highest BCUT2D eigenvalue weighted by molar-refractivity contribution is 6.30. The van der Waals surface area contributed by atoms with Gasteiger partial charge in [-0.05, 0) is 33.6 Å². The molecule has 0 unspecified atom stereocenters. The molecule has 0 radical (unpaired) electrons. The number of esters is 1. The van der Waals surface area contributed by atoms with E-state index >= 15 is 0 Å². The Kier molecular flexibility index (Phi) is 5.12. The summed E-state index contributed by atoms with van der Waals surface area (Å²) in [6.07, 6.45) is -2.78. The first-order valence-corrected chi connectivity index (χ1v) is 9.10. The summed E-state index contributed by atoms with van der Waals surface area (Å²) in [6.45, 7) is 11.3. The molecule has 0 saturated carbocycles. The number of fused-ring (bicyclic) bond motifs is 1. The third kappa shape index (κ3) is 3.96. The Labute approximate surface area is 153 Å². The Hall–Kier alpha value is -0.440. The summed E-state index contributed by atoms with van der Waals surface area (Å²) in [5, 5.41) is -0.743. The van der Waals surface area contributed by atoms with Crippen LogP contribution in [0.15, 0.2) is 0 Å². The van der Waals surface area contributed by atoms with Crippen LogP contribution < -0.4 is 0 Å². The van der Waals surface area contributed by atoms with E-state index < -0.39 is 47.5 Å². The second-order valence-electron chi connectivity index (χ2n) is 7.98. The predicted octanol–water partition coefficient (Wildman–Crippen LogP) is 2.19. The molecule has 25 heavy (non-hydrogen) atoms. The third-order valence-electron chi connectivity index (χ3n) is 4.49. The van der Waals surface area contributed by atoms with Crippen LogP contribution in [0, 0.1) is 5.92 Å². The van der Waals surface area contributed by atoms with Gasteiger partial charge in [0.1, 0.15) is 17.6 Å². The molecule has 0 aromatic heterocycles. The fraction of sp³-hybridized carbons (Fsp3) is 0.941. The Morgan fingerprint density at radius 3 is 2.32 bits per heavy atom. The van der Waals surface area contributed by atoms with Gasteiger partial charge in [0.25, 0.3) is 0 Å². The number of halogens is 1. The highest BCUT2D eigenvalue weighted by Gasteiger charge is 2.60. The van der Waals surface area contributed by atoms with Gasteiger partial charge in [0.2, 0.25) is 0 Å². The van der Waals surface area contributed by atoms with E-state index in [0.717, 1.165) is 0 Å². The van der Waals surface area contributed by atoms with Crippen LogP contribution in [-0.2, 0) is 33.2 Å². The van der Waals surface area contributed by atoms with E-state index in [9.17, 15) is 4.79 Å². The van der Waals surface area contributed by atoms with Crippen LogP contribution in [0.4, 0.5) is 0 Å². The Balaban J connectivity index is 1.77. The molecule has 6 atom stereocenters. The first kappa shape index (κ1) is 19.3. The zero-order valence-corrected chi connectivity index (χ0v) is 16.2. The lowest BCUT2D eigenvalue weighted by Crippen LogP contribution is -2.46. The summed E-state index contributed by atoms with van der Waals surface area (Å²) in [7, 11) is 0. The van der Waals surface area contributed by atoms with Crippen LogP contribution in [0.5, 0.6) is 0 Å². The molecule has 0 amide bonds. The van der Waals surface area contributed by atoms with Gasteiger partial charge in [0.15, 0.2) is 30.1 Å². The molecule has 0 aliphatic carbocycles. The van der Waals surface area contributed by atoms with Gasteiger partial charge in [-0.15, -0.1) is 11.6 Å². The Bertz CT molecular complexity index is 521. The van der Waals surface area contributed by atoms with Crippen LogP contribution in [0.2, 0.25) is 0 Å². The van der Waals surface area contributed by atoms with Crippen molar-refractivity contribution in [2.45, 2.75) is 89.2 Å². The summed E-state index contributed by atoms with van der Waals surface area (Å²) >= 11 is 6.15. The van der Waals surface area contributed by atoms with E-state index in [-0.39, 0.29) is 12.0 Å². The van der Waals surface area contributed by atoms with E-state index in [1.807, 2.05) is 27.7 Å². The molecule has 8 heteroatoms. The van der Waals surface area contributed by atoms with E-state index in [0.29, 0.717) is 6.61 Å². The van der Waals surface area contributed by atoms with E-state index in [1.54, 1.807) is 13.8 Å². The van der Waals surface area contributed by atoms with Crippen LogP contribution >= 0.6 is 11.6 Å². The van der Waals surface area contributed by atoms with Crippen molar-refractivity contribution in [1.82, 2.24) is 0 Å². The summed E-state index contributed by atoms with van der Waals surface area (Å²) in [6, 6.07) is 0. The quantitative estimate of drug-likeness (QED) is 0.548. The molecule has 3 rings (SSSR count). The van der Waals surface area contributed by atoms with Crippen LogP contribution in [0.1, 0.15) is 41.5 Å². The molecule has 0 aromatic rings. The SMILES string of the molecule is CC(C)[C@H](Cl)C(=O)O[C@@H]1[C@H]2OC(C)(C)O[C@H]2O[C@@H]1[C@H]1COC(C)(C)O1. The molecule has 0 aromatic carbocycles. The van der Waals surface area contributed by atoms with Gasteiger partial charge in [-0.2, -0.15) is 0 Å². The molecule has 0 N–H and O–H groups in total. The van der Waals surface area contributed by atoms with Gasteiger partial charge in [-0.3, -0.25) is 4.79 Å². The third-order valence-corrected chi connectivity index (χ3v) is 5.17. The Morgan fingerprint density at radius 1 is 1.08 bits per heavy atom. The van der Waals surface area contributed by atoms with Gasteiger partial charge in [0.05, 0.1) is 6.61 Å². The van der Waals surface area contributed by atoms with Crippen LogP contribution in [-0.4, -0.2) is 60.2 Å². The first-order valence-electron chi connectivity index (χ1n) is 8.66. The summed E-state index contributed by atoms with van der Waals surface area (Å²) in [5.41, 5.74) is 0. The largest absolute Gasteiger partial charge is 0.455 e. The number of hydrogen-bond acceptors (Lipinski definition) is 7. The van der Waals surface area contributed by atoms with Crippen molar-refractivity contribution >= 4 is 17.6 Å². The molecular weight excluding hydrogens is 352 g/mol. The van der Waals surface area contributed by atoms with Gasteiger partial charge in [-0.1, -0.05) is 13.8 Å². The van der Waals surface area contributed by atoms with Crippen molar-refractivity contribution in [3.05, 3.63) is 0 Å². The number of carbonyl (C=O) groups excluding carboxylic acids is 1. The Morgan fingerprint density at radius 2 is 1.76 bits per heavy atom. The maximum atomic E-state index is 12.4. The van der Waals surface area contributed by atoms with E-state index in [1.165, 1.54) is 0 Å². The maximum absolute atomic E-state index is 12.4. The highest BCUT2D eigenvalue weighted by Crippen LogP contribution is 2.42. The zero-order chi connectivity index (χ0) is 18.6. The lowest BCUT2D eigenvalue weighted by molar-refractivity contribution is -0.235. The molecule has 0 spiro atoms. The normalized spacial score (nSPS) is 40.2. The minimum Gasteiger partial charge on any atom is -0.455 e. The van der Waals surface area contributed by atoms with Crippen molar-refractivity contribution < 1.29 is 33.2 Å². The minimum atomic E-state index is -0.810. The second-order valence-corrected chi connectivity index (χ2v) is 8.45. The molecule has 3 aliphatic rings. The summed E-state index contributed by atoms with van der Waals surface area (Å²) in [4.78, 5) is 12.4. The molecule has 7 nitrogen and oxygen atoms in total. The molecule has 144 valence electrons. The summed E-state index contributed by atoms with van der Waals surface area (Å²) < 4.78 is 34.9. The lowest BCUT2D eigenvalue weighted by atomic mass is 10.1. The number of carbonyl (C=O) groups is 1. The van der Waals surface area contributed by atoms with Gasteiger partial charge in [0, 0.05) is 0 Å². The molecule has 3 aliphatic heterocycles. The average molecular weight is 379 g/mol. The van der Waals surface area contributed by atoms with Crippen LogP contribution in [0.3, 0.4) is 0 Å². The second kappa shape index (κ2) is 6.62. The lowest BCUT2D eigenvalue weighted by Gasteiger charge is -2.29. The van der Waals surface area contributed by atoms with Crippen molar-refractivity contribution in [3.8, 4) is 0 Å². The summed E-state index contributed by atoms with van der Waals surface area (Å²) in [5.74, 6) is -2.07.